The maximum atomic E-state index is 12.8. The molecule has 2 N–H and O–H groups in total. The van der Waals surface area contributed by atoms with E-state index in [9.17, 15) is 18.0 Å². The highest BCUT2D eigenvalue weighted by molar-refractivity contribution is 6.32. The molecule has 1 saturated carbocycles. The molecule has 0 atom stereocenters. The van der Waals surface area contributed by atoms with Crippen molar-refractivity contribution < 1.29 is 18.0 Å². The van der Waals surface area contributed by atoms with E-state index in [1.165, 1.54) is 12.1 Å². The van der Waals surface area contributed by atoms with E-state index in [0.717, 1.165) is 50.0 Å². The van der Waals surface area contributed by atoms with Crippen LogP contribution in [-0.2, 0) is 6.18 Å². The molecule has 1 fully saturated rings. The number of nitriles is 1. The van der Waals surface area contributed by atoms with Crippen LogP contribution >= 0.6 is 11.6 Å². The summed E-state index contributed by atoms with van der Waals surface area (Å²) in [7, 11) is 0. The molecule has 2 aromatic carbocycles. The highest BCUT2D eigenvalue weighted by Crippen LogP contribution is 2.30. The standard InChI is InChI=1S/C22H21ClF3N3O/c23-20-11-19(9-6-16(20)12-27)28-13-14-4-7-18(8-5-14)29-21(30)15-2-1-3-17(10-15)22(24,25)26/h1-3,6,9-11,14,18,28H,4-5,7-8,13H2,(H,29,30)/t14-,18-. The normalized spacial score (nSPS) is 19.0. The van der Waals surface area contributed by atoms with Gasteiger partial charge >= 0.3 is 6.18 Å². The molecular weight excluding hydrogens is 415 g/mol. The molecule has 4 nitrogen and oxygen atoms in total. The van der Waals surface area contributed by atoms with Crippen LogP contribution in [0.3, 0.4) is 0 Å². The van der Waals surface area contributed by atoms with Crippen LogP contribution in [0, 0.1) is 17.2 Å². The molecular formula is C22H21ClF3N3O. The lowest BCUT2D eigenvalue weighted by molar-refractivity contribution is -0.137. The highest BCUT2D eigenvalue weighted by atomic mass is 35.5. The summed E-state index contributed by atoms with van der Waals surface area (Å²) in [6.07, 6.45) is -1.15. The molecule has 0 radical (unpaired) electrons. The van der Waals surface area contributed by atoms with Gasteiger partial charge < -0.3 is 10.6 Å². The van der Waals surface area contributed by atoms with Gasteiger partial charge in [-0.15, -0.1) is 0 Å². The van der Waals surface area contributed by atoms with Crippen LogP contribution in [0.5, 0.6) is 0 Å². The van der Waals surface area contributed by atoms with Gasteiger partial charge in [0, 0.05) is 23.8 Å². The van der Waals surface area contributed by atoms with Crippen LogP contribution < -0.4 is 10.6 Å². The average Bonchev–Trinajstić information content (AvgIpc) is 2.73. The Morgan fingerprint density at radius 3 is 2.50 bits per heavy atom. The van der Waals surface area contributed by atoms with Gasteiger partial charge in [-0.2, -0.15) is 18.4 Å². The molecule has 3 rings (SSSR count). The molecule has 158 valence electrons. The Balaban J connectivity index is 1.47. The zero-order valence-electron chi connectivity index (χ0n) is 16.1. The van der Waals surface area contributed by atoms with Gasteiger partial charge in [-0.05, 0) is 68.0 Å². The zero-order chi connectivity index (χ0) is 21.7. The van der Waals surface area contributed by atoms with Crippen molar-refractivity contribution in [3.8, 4) is 6.07 Å². The van der Waals surface area contributed by atoms with Gasteiger partial charge in [0.05, 0.1) is 16.1 Å². The fourth-order valence-electron chi connectivity index (χ4n) is 3.59. The van der Waals surface area contributed by atoms with E-state index in [0.29, 0.717) is 16.5 Å². The average molecular weight is 436 g/mol. The van der Waals surface area contributed by atoms with E-state index in [2.05, 4.69) is 10.6 Å². The second-order valence-corrected chi connectivity index (χ2v) is 7.86. The Morgan fingerprint density at radius 2 is 1.87 bits per heavy atom. The predicted molar refractivity (Wildman–Crippen MR) is 109 cm³/mol. The van der Waals surface area contributed by atoms with Crippen molar-refractivity contribution in [3.05, 3.63) is 64.2 Å². The fourth-order valence-corrected chi connectivity index (χ4v) is 3.82. The van der Waals surface area contributed by atoms with Gasteiger partial charge in [-0.1, -0.05) is 17.7 Å². The topological polar surface area (TPSA) is 64.9 Å². The zero-order valence-corrected chi connectivity index (χ0v) is 16.9. The number of halogens is 4. The van der Waals surface area contributed by atoms with Crippen LogP contribution in [0.1, 0.15) is 47.2 Å². The Hall–Kier alpha value is -2.72. The molecule has 30 heavy (non-hydrogen) atoms. The maximum Gasteiger partial charge on any atom is 0.416 e. The predicted octanol–water partition coefficient (Wildman–Crippen LogP) is 5.63. The first kappa shape index (κ1) is 22.0. The van der Waals surface area contributed by atoms with Crippen molar-refractivity contribution in [2.45, 2.75) is 37.9 Å². The first-order valence-electron chi connectivity index (χ1n) is 9.68. The van der Waals surface area contributed by atoms with Crippen LogP contribution in [0.25, 0.3) is 0 Å². The minimum absolute atomic E-state index is 0.0197. The van der Waals surface area contributed by atoms with Crippen molar-refractivity contribution in [1.29, 1.82) is 5.26 Å². The van der Waals surface area contributed by atoms with E-state index in [1.807, 2.05) is 12.1 Å². The van der Waals surface area contributed by atoms with Crippen molar-refractivity contribution in [2.24, 2.45) is 5.92 Å². The number of amides is 1. The SMILES string of the molecule is N#Cc1ccc(NC[C@H]2CC[C@H](NC(=O)c3cccc(C(F)(F)F)c3)CC2)cc1Cl. The van der Waals surface area contributed by atoms with Crippen LogP contribution in [-0.4, -0.2) is 18.5 Å². The van der Waals surface area contributed by atoms with Gasteiger partial charge in [-0.3, -0.25) is 4.79 Å². The fraction of sp³-hybridized carbons (Fsp3) is 0.364. The van der Waals surface area contributed by atoms with Gasteiger partial charge in [0.25, 0.3) is 5.91 Å². The molecule has 0 saturated heterocycles. The second kappa shape index (κ2) is 9.40. The molecule has 0 unspecified atom stereocenters. The lowest BCUT2D eigenvalue weighted by atomic mass is 9.86. The highest BCUT2D eigenvalue weighted by Gasteiger charge is 2.31. The molecule has 0 aliphatic heterocycles. The minimum atomic E-state index is -4.47. The van der Waals surface area contributed by atoms with Gasteiger partial charge in [-0.25, -0.2) is 0 Å². The Morgan fingerprint density at radius 1 is 1.13 bits per heavy atom. The van der Waals surface area contributed by atoms with Crippen molar-refractivity contribution >= 4 is 23.2 Å². The maximum absolute atomic E-state index is 12.8. The number of hydrogen-bond donors (Lipinski definition) is 2. The van der Waals surface area contributed by atoms with E-state index in [4.69, 9.17) is 16.9 Å². The third-order valence-electron chi connectivity index (χ3n) is 5.32. The van der Waals surface area contributed by atoms with Crippen molar-refractivity contribution in [2.75, 3.05) is 11.9 Å². The molecule has 1 amide bonds. The summed E-state index contributed by atoms with van der Waals surface area (Å²) >= 11 is 6.04. The number of alkyl halides is 3. The van der Waals surface area contributed by atoms with E-state index in [-0.39, 0.29) is 11.6 Å². The first-order chi connectivity index (χ1) is 14.3. The third kappa shape index (κ3) is 5.67. The van der Waals surface area contributed by atoms with E-state index in [1.54, 1.807) is 12.1 Å². The second-order valence-electron chi connectivity index (χ2n) is 7.46. The number of benzene rings is 2. The summed E-state index contributed by atoms with van der Waals surface area (Å²) in [5.41, 5.74) is 0.470. The van der Waals surface area contributed by atoms with E-state index >= 15 is 0 Å². The summed E-state index contributed by atoms with van der Waals surface area (Å²) in [6.45, 7) is 0.747. The van der Waals surface area contributed by atoms with E-state index < -0.39 is 17.6 Å². The molecule has 0 spiro atoms. The summed E-state index contributed by atoms with van der Waals surface area (Å²) < 4.78 is 38.5. The van der Waals surface area contributed by atoms with Gasteiger partial charge in [0.15, 0.2) is 0 Å². The molecule has 2 aromatic rings. The number of carbonyl (C=O) groups is 1. The van der Waals surface area contributed by atoms with Gasteiger partial charge in [0.1, 0.15) is 6.07 Å². The lowest BCUT2D eigenvalue weighted by Gasteiger charge is -2.29. The van der Waals surface area contributed by atoms with Crippen molar-refractivity contribution in [3.63, 3.8) is 0 Å². The summed E-state index contributed by atoms with van der Waals surface area (Å²) in [6, 6.07) is 11.7. The largest absolute Gasteiger partial charge is 0.416 e. The summed E-state index contributed by atoms with van der Waals surface area (Å²) in [4.78, 5) is 12.3. The molecule has 1 aliphatic carbocycles. The number of rotatable bonds is 5. The van der Waals surface area contributed by atoms with Crippen LogP contribution in [0.15, 0.2) is 42.5 Å². The van der Waals surface area contributed by atoms with Crippen LogP contribution in [0.4, 0.5) is 18.9 Å². The monoisotopic (exact) mass is 435 g/mol. The quantitative estimate of drug-likeness (QED) is 0.639. The lowest BCUT2D eigenvalue weighted by Crippen LogP contribution is -2.38. The number of carbonyl (C=O) groups excluding carboxylic acids is 1. The Kier molecular flexibility index (Phi) is 6.88. The minimum Gasteiger partial charge on any atom is -0.385 e. The third-order valence-corrected chi connectivity index (χ3v) is 5.63. The molecule has 8 heteroatoms. The summed E-state index contributed by atoms with van der Waals surface area (Å²) in [5.74, 6) is -0.0592. The smallest absolute Gasteiger partial charge is 0.385 e. The Bertz CT molecular complexity index is 947. The number of anilines is 1. The summed E-state index contributed by atoms with van der Waals surface area (Å²) in [5, 5.41) is 15.5. The first-order valence-corrected chi connectivity index (χ1v) is 10.1. The number of nitrogens with one attached hydrogen (secondary N) is 2. The van der Waals surface area contributed by atoms with Crippen molar-refractivity contribution in [1.82, 2.24) is 5.32 Å². The van der Waals surface area contributed by atoms with Crippen LogP contribution in [0.2, 0.25) is 5.02 Å². The number of nitrogens with zero attached hydrogens (tertiary/aromatic N) is 1. The molecule has 0 aromatic heterocycles. The molecule has 0 heterocycles. The van der Waals surface area contributed by atoms with Gasteiger partial charge in [0.2, 0.25) is 0 Å². The molecule has 0 bridgehead atoms. The number of hydrogen-bond acceptors (Lipinski definition) is 3. The Labute approximate surface area is 178 Å². The molecule has 1 aliphatic rings.